The SMILES string of the molecule is C#CCCC1(CCC(=O)N(CCn2cncn2)CCn2cncn2)N=N1. The molecule has 1 aliphatic heterocycles. The van der Waals surface area contributed by atoms with Crippen molar-refractivity contribution < 1.29 is 4.79 Å². The van der Waals surface area contributed by atoms with Gasteiger partial charge in [0.15, 0.2) is 5.66 Å². The molecule has 10 heteroatoms. The van der Waals surface area contributed by atoms with E-state index in [1.165, 1.54) is 12.7 Å². The number of amides is 1. The van der Waals surface area contributed by atoms with Crippen molar-refractivity contribution in [1.29, 1.82) is 0 Å². The number of carbonyl (C=O) groups excluding carboxylic acids is 1. The number of carbonyl (C=O) groups is 1. The summed E-state index contributed by atoms with van der Waals surface area (Å²) in [5.41, 5.74) is -0.439. The molecule has 0 N–H and O–H groups in total. The van der Waals surface area contributed by atoms with Gasteiger partial charge in [-0.2, -0.15) is 20.4 Å². The van der Waals surface area contributed by atoms with Crippen LogP contribution in [0.5, 0.6) is 0 Å². The smallest absolute Gasteiger partial charge is 0.222 e. The first-order chi connectivity index (χ1) is 12.7. The summed E-state index contributed by atoms with van der Waals surface area (Å²) in [7, 11) is 0. The van der Waals surface area contributed by atoms with Gasteiger partial charge in [0.25, 0.3) is 0 Å². The Bertz CT molecular complexity index is 716. The maximum absolute atomic E-state index is 12.7. The van der Waals surface area contributed by atoms with Crippen LogP contribution >= 0.6 is 0 Å². The first kappa shape index (κ1) is 17.7. The molecule has 0 spiro atoms. The fourth-order valence-corrected chi connectivity index (χ4v) is 2.64. The molecule has 3 rings (SSSR count). The van der Waals surface area contributed by atoms with Crippen LogP contribution in [0.4, 0.5) is 0 Å². The van der Waals surface area contributed by atoms with Gasteiger partial charge in [0, 0.05) is 38.8 Å². The second kappa shape index (κ2) is 8.33. The number of hydrogen-bond acceptors (Lipinski definition) is 7. The Morgan fingerprint density at radius 2 is 1.65 bits per heavy atom. The van der Waals surface area contributed by atoms with Gasteiger partial charge in [0.2, 0.25) is 5.91 Å². The molecule has 0 atom stereocenters. The third-order valence-corrected chi connectivity index (χ3v) is 4.28. The summed E-state index contributed by atoms with van der Waals surface area (Å²) >= 11 is 0. The Morgan fingerprint density at radius 1 is 1.04 bits per heavy atom. The maximum atomic E-state index is 12.7. The molecule has 136 valence electrons. The molecular weight excluding hydrogens is 334 g/mol. The first-order valence-electron chi connectivity index (χ1n) is 8.51. The van der Waals surface area contributed by atoms with E-state index in [1.807, 2.05) is 0 Å². The van der Waals surface area contributed by atoms with Gasteiger partial charge in [-0.15, -0.1) is 12.3 Å². The van der Waals surface area contributed by atoms with Crippen molar-refractivity contribution in [2.75, 3.05) is 13.1 Å². The van der Waals surface area contributed by atoms with Crippen LogP contribution in [0.25, 0.3) is 0 Å². The highest BCUT2D eigenvalue weighted by Crippen LogP contribution is 2.37. The molecule has 26 heavy (non-hydrogen) atoms. The van der Waals surface area contributed by atoms with Crippen LogP contribution in [0.2, 0.25) is 0 Å². The standard InChI is InChI=1S/C16H21N9O/c1-2-3-5-16(21-22-16)6-4-15(26)23(7-9-24-13-17-11-19-24)8-10-25-14-18-12-20-25/h1,11-14H,3-10H2. The zero-order valence-electron chi connectivity index (χ0n) is 14.5. The molecule has 0 fully saturated rings. The molecule has 2 aromatic rings. The summed E-state index contributed by atoms with van der Waals surface area (Å²) in [6.45, 7) is 2.26. The minimum Gasteiger partial charge on any atom is -0.339 e. The summed E-state index contributed by atoms with van der Waals surface area (Å²) < 4.78 is 3.41. The highest BCUT2D eigenvalue weighted by molar-refractivity contribution is 5.76. The summed E-state index contributed by atoms with van der Waals surface area (Å²) in [6, 6.07) is 0. The van der Waals surface area contributed by atoms with E-state index >= 15 is 0 Å². The van der Waals surface area contributed by atoms with Crippen molar-refractivity contribution in [2.24, 2.45) is 10.2 Å². The molecule has 3 heterocycles. The Labute approximate surface area is 151 Å². The van der Waals surface area contributed by atoms with E-state index in [0.717, 1.165) is 0 Å². The van der Waals surface area contributed by atoms with E-state index < -0.39 is 5.66 Å². The van der Waals surface area contributed by atoms with Gasteiger partial charge < -0.3 is 4.90 Å². The highest BCUT2D eigenvalue weighted by Gasteiger charge is 2.39. The molecular formula is C16H21N9O. The Morgan fingerprint density at radius 3 is 2.12 bits per heavy atom. The third kappa shape index (κ3) is 4.95. The average molecular weight is 355 g/mol. The third-order valence-electron chi connectivity index (χ3n) is 4.28. The molecule has 2 aromatic heterocycles. The number of hydrogen-bond donors (Lipinski definition) is 0. The van der Waals surface area contributed by atoms with Crippen LogP contribution in [0.3, 0.4) is 0 Å². The number of aromatic nitrogens is 6. The van der Waals surface area contributed by atoms with Crippen LogP contribution in [-0.4, -0.2) is 59.1 Å². The van der Waals surface area contributed by atoms with Crippen molar-refractivity contribution in [3.05, 3.63) is 25.3 Å². The van der Waals surface area contributed by atoms with E-state index in [9.17, 15) is 4.79 Å². The molecule has 1 aliphatic rings. The van der Waals surface area contributed by atoms with Gasteiger partial charge in [-0.25, -0.2) is 9.97 Å². The minimum absolute atomic E-state index is 0.0580. The molecule has 0 aliphatic carbocycles. The van der Waals surface area contributed by atoms with E-state index in [2.05, 4.69) is 36.3 Å². The molecule has 0 bridgehead atoms. The van der Waals surface area contributed by atoms with Crippen molar-refractivity contribution in [1.82, 2.24) is 34.4 Å². The predicted octanol–water partition coefficient (Wildman–Crippen LogP) is 0.754. The van der Waals surface area contributed by atoms with Gasteiger partial charge in [-0.05, 0) is 0 Å². The zero-order chi connectivity index (χ0) is 18.2. The predicted molar refractivity (Wildman–Crippen MR) is 91.5 cm³/mol. The fourth-order valence-electron chi connectivity index (χ4n) is 2.64. The van der Waals surface area contributed by atoms with E-state index in [1.54, 1.807) is 26.9 Å². The molecule has 0 saturated heterocycles. The lowest BCUT2D eigenvalue weighted by Crippen LogP contribution is -2.37. The van der Waals surface area contributed by atoms with Crippen LogP contribution < -0.4 is 0 Å². The maximum Gasteiger partial charge on any atom is 0.222 e. The summed E-state index contributed by atoms with van der Waals surface area (Å²) in [5.74, 6) is 2.66. The lowest BCUT2D eigenvalue weighted by Gasteiger charge is -2.23. The Kier molecular flexibility index (Phi) is 5.68. The molecule has 1 amide bonds. The van der Waals surface area contributed by atoms with E-state index in [-0.39, 0.29) is 5.91 Å². The van der Waals surface area contributed by atoms with Crippen LogP contribution in [0.1, 0.15) is 25.7 Å². The number of rotatable bonds is 11. The van der Waals surface area contributed by atoms with Crippen LogP contribution in [-0.2, 0) is 17.9 Å². The van der Waals surface area contributed by atoms with Crippen molar-refractivity contribution in [3.8, 4) is 12.3 Å². The van der Waals surface area contributed by atoms with Gasteiger partial charge in [-0.1, -0.05) is 0 Å². The lowest BCUT2D eigenvalue weighted by atomic mass is 10.0. The zero-order valence-corrected chi connectivity index (χ0v) is 14.5. The largest absolute Gasteiger partial charge is 0.339 e. The number of nitrogens with zero attached hydrogens (tertiary/aromatic N) is 9. The lowest BCUT2D eigenvalue weighted by molar-refractivity contribution is -0.131. The average Bonchev–Trinajstić information content (AvgIpc) is 3.06. The topological polar surface area (TPSA) is 106 Å². The Balaban J connectivity index is 1.52. The van der Waals surface area contributed by atoms with Gasteiger partial charge in [0.1, 0.15) is 25.3 Å². The molecule has 0 saturated carbocycles. The molecule has 10 nitrogen and oxygen atoms in total. The molecule has 0 unspecified atom stereocenters. The molecule has 0 radical (unpaired) electrons. The van der Waals surface area contributed by atoms with Gasteiger partial charge in [0.05, 0.1) is 13.1 Å². The highest BCUT2D eigenvalue weighted by atomic mass is 16.2. The second-order valence-electron chi connectivity index (χ2n) is 6.08. The van der Waals surface area contributed by atoms with Gasteiger partial charge in [-0.3, -0.25) is 14.2 Å². The molecule has 0 aromatic carbocycles. The van der Waals surface area contributed by atoms with Crippen molar-refractivity contribution in [3.63, 3.8) is 0 Å². The van der Waals surface area contributed by atoms with E-state index in [4.69, 9.17) is 6.42 Å². The quantitative estimate of drug-likeness (QED) is 0.553. The normalized spacial score (nSPS) is 14.1. The summed E-state index contributed by atoms with van der Waals surface area (Å²) in [5, 5.41) is 16.3. The van der Waals surface area contributed by atoms with Gasteiger partial charge >= 0.3 is 0 Å². The summed E-state index contributed by atoms with van der Waals surface area (Å²) in [6.07, 6.45) is 13.8. The van der Waals surface area contributed by atoms with Crippen LogP contribution in [0.15, 0.2) is 35.5 Å². The van der Waals surface area contributed by atoms with Crippen molar-refractivity contribution in [2.45, 2.75) is 44.4 Å². The van der Waals surface area contributed by atoms with Crippen molar-refractivity contribution >= 4 is 5.91 Å². The monoisotopic (exact) mass is 355 g/mol. The minimum atomic E-state index is -0.439. The number of terminal acetylenes is 1. The fraction of sp³-hybridized carbons (Fsp3) is 0.562. The Hall–Kier alpha value is -3.09. The first-order valence-corrected chi connectivity index (χ1v) is 8.51. The van der Waals surface area contributed by atoms with E-state index in [0.29, 0.717) is 51.9 Å². The van der Waals surface area contributed by atoms with Crippen LogP contribution in [0, 0.1) is 12.3 Å². The summed E-state index contributed by atoms with van der Waals surface area (Å²) in [4.78, 5) is 22.4. The second-order valence-corrected chi connectivity index (χ2v) is 6.08.